The second-order valence-electron chi connectivity index (χ2n) is 2.27. The van der Waals surface area contributed by atoms with E-state index in [2.05, 4.69) is 11.9 Å². The fourth-order valence-electron chi connectivity index (χ4n) is 0.848. The molecule has 0 spiro atoms. The molecule has 0 atom stereocenters. The van der Waals surface area contributed by atoms with Crippen LogP contribution in [-0.2, 0) is 9.59 Å². The fourth-order valence-corrected chi connectivity index (χ4v) is 0.848. The average molecular weight is 179 g/mol. The third-order valence-corrected chi connectivity index (χ3v) is 1.46. The normalized spacial score (nSPS) is 12.2. The van der Waals surface area contributed by atoms with E-state index in [0.717, 1.165) is 0 Å². The van der Waals surface area contributed by atoms with E-state index < -0.39 is 0 Å². The third-order valence-electron chi connectivity index (χ3n) is 1.46. The maximum Gasteiger partial charge on any atom is 0.251 e. The summed E-state index contributed by atoms with van der Waals surface area (Å²) in [7, 11) is 1.50. The number of hydrogen-bond donors (Lipinski definition) is 1. The fraction of sp³-hybridized carbons (Fsp3) is 0.200. The lowest BCUT2D eigenvalue weighted by atomic mass is 10.1. The average Bonchev–Trinajstić information content (AvgIpc) is 2.17. The van der Waals surface area contributed by atoms with Crippen molar-refractivity contribution < 1.29 is 9.59 Å². The number of aldehydes is 1. The zero-order valence-corrected chi connectivity index (χ0v) is 7.83. The van der Waals surface area contributed by atoms with Gasteiger partial charge in [0.25, 0.3) is 5.91 Å². The van der Waals surface area contributed by atoms with Crippen molar-refractivity contribution in [1.29, 1.82) is 0 Å². The number of hydrogen-bond acceptors (Lipinski definition) is 2. The molecule has 1 N–H and O–H groups in total. The van der Waals surface area contributed by atoms with Gasteiger partial charge in [0.2, 0.25) is 0 Å². The lowest BCUT2D eigenvalue weighted by molar-refractivity contribution is -0.117. The summed E-state index contributed by atoms with van der Waals surface area (Å²) in [4.78, 5) is 21.8. The quantitative estimate of drug-likeness (QED) is 0.397. The van der Waals surface area contributed by atoms with Crippen molar-refractivity contribution in [2.24, 2.45) is 0 Å². The molecule has 0 aromatic rings. The largest absolute Gasteiger partial charge is 0.355 e. The number of carbonyl (C=O) groups excluding carboxylic acids is 2. The second kappa shape index (κ2) is 5.94. The molecule has 0 rings (SSSR count). The minimum absolute atomic E-state index is 0.288. The van der Waals surface area contributed by atoms with Crippen molar-refractivity contribution in [2.45, 2.75) is 6.92 Å². The molecule has 0 aliphatic carbocycles. The molecule has 0 aromatic heterocycles. The molecular formula is C10H13NO2. The SMILES string of the molecule is C=C/C(C(=O)NC)=C(C=O)\C=C/C. The summed E-state index contributed by atoms with van der Waals surface area (Å²) < 4.78 is 0. The maximum absolute atomic E-state index is 11.2. The highest BCUT2D eigenvalue weighted by atomic mass is 16.1. The van der Waals surface area contributed by atoms with Crippen LogP contribution in [0.1, 0.15) is 6.92 Å². The Morgan fingerprint density at radius 2 is 2.08 bits per heavy atom. The summed E-state index contributed by atoms with van der Waals surface area (Å²) >= 11 is 0. The van der Waals surface area contributed by atoms with Crippen molar-refractivity contribution in [3.05, 3.63) is 36.0 Å². The highest BCUT2D eigenvalue weighted by Crippen LogP contribution is 2.05. The molecule has 1 amide bonds. The lowest BCUT2D eigenvalue weighted by Gasteiger charge is -2.01. The van der Waals surface area contributed by atoms with Crippen LogP contribution in [-0.4, -0.2) is 19.2 Å². The molecule has 3 nitrogen and oxygen atoms in total. The van der Waals surface area contributed by atoms with Gasteiger partial charge in [-0.25, -0.2) is 0 Å². The van der Waals surface area contributed by atoms with Crippen molar-refractivity contribution in [1.82, 2.24) is 5.32 Å². The lowest BCUT2D eigenvalue weighted by Crippen LogP contribution is -2.20. The maximum atomic E-state index is 11.2. The standard InChI is InChI=1S/C10H13NO2/c1-4-6-8(7-12)9(5-2)10(13)11-3/h4-7H,2H2,1,3H3,(H,11,13)/b6-4-,9-8-. The molecule has 0 aliphatic rings. The van der Waals surface area contributed by atoms with Gasteiger partial charge in [-0.2, -0.15) is 0 Å². The first-order valence-corrected chi connectivity index (χ1v) is 3.87. The van der Waals surface area contributed by atoms with Gasteiger partial charge in [-0.1, -0.05) is 24.8 Å². The van der Waals surface area contributed by atoms with Gasteiger partial charge in [0.15, 0.2) is 6.29 Å². The predicted molar refractivity (Wildman–Crippen MR) is 52.2 cm³/mol. The van der Waals surface area contributed by atoms with Crippen LogP contribution in [0.4, 0.5) is 0 Å². The van der Waals surface area contributed by atoms with Gasteiger partial charge in [0, 0.05) is 18.2 Å². The van der Waals surface area contributed by atoms with Gasteiger partial charge in [-0.05, 0) is 6.92 Å². The predicted octanol–water partition coefficient (Wildman–Crippen LogP) is 0.990. The van der Waals surface area contributed by atoms with Gasteiger partial charge in [0.05, 0.1) is 0 Å². The number of nitrogens with one attached hydrogen (secondary N) is 1. The summed E-state index contributed by atoms with van der Waals surface area (Å²) in [5, 5.41) is 2.43. The van der Waals surface area contributed by atoms with Crippen LogP contribution >= 0.6 is 0 Å². The first-order chi connectivity index (χ1) is 6.21. The Balaban J connectivity index is 5.16. The van der Waals surface area contributed by atoms with Gasteiger partial charge in [-0.15, -0.1) is 0 Å². The first-order valence-electron chi connectivity index (χ1n) is 3.87. The van der Waals surface area contributed by atoms with E-state index in [4.69, 9.17) is 0 Å². The molecule has 0 unspecified atom stereocenters. The Labute approximate surface area is 77.8 Å². The van der Waals surface area contributed by atoms with Crippen LogP contribution in [0.5, 0.6) is 0 Å². The summed E-state index contributed by atoms with van der Waals surface area (Å²) in [5.74, 6) is -0.310. The Hall–Kier alpha value is -1.64. The third kappa shape index (κ3) is 3.07. The molecule has 0 radical (unpaired) electrons. The van der Waals surface area contributed by atoms with Crippen LogP contribution in [0.2, 0.25) is 0 Å². The molecule has 13 heavy (non-hydrogen) atoms. The number of amides is 1. The van der Waals surface area contributed by atoms with Crippen LogP contribution in [0.3, 0.4) is 0 Å². The highest BCUT2D eigenvalue weighted by Gasteiger charge is 2.07. The van der Waals surface area contributed by atoms with Gasteiger partial charge in [0.1, 0.15) is 0 Å². The van der Waals surface area contributed by atoms with Crippen molar-refractivity contribution >= 4 is 12.2 Å². The Bertz CT molecular complexity index is 275. The summed E-state index contributed by atoms with van der Waals surface area (Å²) in [6.07, 6.45) is 5.25. The monoisotopic (exact) mass is 179 g/mol. The molecule has 3 heteroatoms. The molecule has 0 fully saturated rings. The van der Waals surface area contributed by atoms with E-state index in [0.29, 0.717) is 11.9 Å². The molecule has 0 heterocycles. The summed E-state index contributed by atoms with van der Waals surface area (Å²) in [5.41, 5.74) is 0.618. The van der Waals surface area contributed by atoms with Crippen LogP contribution in [0, 0.1) is 0 Å². The number of carbonyl (C=O) groups is 2. The highest BCUT2D eigenvalue weighted by molar-refractivity contribution is 6.02. The molecule has 0 saturated carbocycles. The first kappa shape index (κ1) is 11.4. The van der Waals surface area contributed by atoms with Gasteiger partial charge in [-0.3, -0.25) is 9.59 Å². The second-order valence-corrected chi connectivity index (χ2v) is 2.27. The number of rotatable bonds is 4. The van der Waals surface area contributed by atoms with Crippen molar-refractivity contribution in [2.75, 3.05) is 7.05 Å². The van der Waals surface area contributed by atoms with Crippen molar-refractivity contribution in [3.8, 4) is 0 Å². The van der Waals surface area contributed by atoms with Gasteiger partial charge < -0.3 is 5.32 Å². The Morgan fingerprint density at radius 3 is 2.38 bits per heavy atom. The molecule has 0 saturated heterocycles. The van der Waals surface area contributed by atoms with E-state index in [-0.39, 0.29) is 11.5 Å². The minimum atomic E-state index is -0.310. The Morgan fingerprint density at radius 1 is 1.46 bits per heavy atom. The van der Waals surface area contributed by atoms with E-state index in [1.807, 2.05) is 0 Å². The zero-order valence-electron chi connectivity index (χ0n) is 7.83. The van der Waals surface area contributed by atoms with Crippen LogP contribution in [0.25, 0.3) is 0 Å². The summed E-state index contributed by atoms with van der Waals surface area (Å²) in [6, 6.07) is 0. The van der Waals surface area contributed by atoms with Crippen molar-refractivity contribution in [3.63, 3.8) is 0 Å². The molecule has 0 aromatic carbocycles. The van der Waals surface area contributed by atoms with E-state index in [1.165, 1.54) is 13.1 Å². The topological polar surface area (TPSA) is 46.2 Å². The Kier molecular flexibility index (Phi) is 5.19. The summed E-state index contributed by atoms with van der Waals surface area (Å²) in [6.45, 7) is 5.24. The van der Waals surface area contributed by atoms with E-state index in [9.17, 15) is 9.59 Å². The minimum Gasteiger partial charge on any atom is -0.355 e. The van der Waals surface area contributed by atoms with E-state index in [1.54, 1.807) is 19.1 Å². The zero-order chi connectivity index (χ0) is 10.3. The molecular weight excluding hydrogens is 166 g/mol. The molecule has 0 aliphatic heterocycles. The molecule has 70 valence electrons. The van der Waals surface area contributed by atoms with Gasteiger partial charge >= 0.3 is 0 Å². The van der Waals surface area contributed by atoms with E-state index >= 15 is 0 Å². The number of likely N-dealkylation sites (N-methyl/N-ethyl adjacent to an activating group) is 1. The van der Waals surface area contributed by atoms with Crippen LogP contribution in [0.15, 0.2) is 36.0 Å². The van der Waals surface area contributed by atoms with Crippen LogP contribution < -0.4 is 5.32 Å². The number of allylic oxidation sites excluding steroid dienone is 3. The smallest absolute Gasteiger partial charge is 0.251 e. The molecule has 0 bridgehead atoms.